The average Bonchev–Trinajstić information content (AvgIpc) is 2.77. The van der Waals surface area contributed by atoms with Crippen molar-refractivity contribution in [2.75, 3.05) is 0 Å². The Bertz CT molecular complexity index is 757. The number of aldehydes is 1. The van der Waals surface area contributed by atoms with Crippen molar-refractivity contribution in [3.05, 3.63) is 48.0 Å². The zero-order valence-electron chi connectivity index (χ0n) is 9.92. The topological polar surface area (TPSA) is 73.3 Å². The van der Waals surface area contributed by atoms with Crippen LogP contribution in [0.1, 0.15) is 10.4 Å². The molecule has 4 heteroatoms. The molecule has 1 aromatic heterocycles. The first-order valence-corrected chi connectivity index (χ1v) is 5.78. The van der Waals surface area contributed by atoms with E-state index in [0.717, 1.165) is 17.2 Å². The number of nitrogens with one attached hydrogen (secondary N) is 1. The van der Waals surface area contributed by atoms with Gasteiger partial charge in [-0.15, -0.1) is 0 Å². The van der Waals surface area contributed by atoms with Crippen LogP contribution >= 0.6 is 0 Å². The third kappa shape index (κ3) is 1.83. The van der Waals surface area contributed by atoms with E-state index in [1.54, 1.807) is 42.5 Å². The van der Waals surface area contributed by atoms with Gasteiger partial charge < -0.3 is 15.2 Å². The lowest BCUT2D eigenvalue weighted by molar-refractivity contribution is 0.112. The van der Waals surface area contributed by atoms with E-state index in [-0.39, 0.29) is 11.5 Å². The summed E-state index contributed by atoms with van der Waals surface area (Å²) in [5, 5.41) is 19.5. The van der Waals surface area contributed by atoms with E-state index in [9.17, 15) is 15.0 Å². The molecule has 94 valence electrons. The second-order valence-corrected chi connectivity index (χ2v) is 4.31. The number of fused-ring (bicyclic) bond motifs is 1. The molecule has 0 amide bonds. The lowest BCUT2D eigenvalue weighted by Crippen LogP contribution is -1.83. The molecule has 3 N–H and O–H groups in total. The standard InChI is InChI=1S/C15H11NO3/c17-8-13-12-6-5-11(19)7-14(12)16-15(13)9-1-3-10(18)4-2-9/h1-8,16,18-19H. The van der Waals surface area contributed by atoms with Gasteiger partial charge in [-0.2, -0.15) is 0 Å². The highest BCUT2D eigenvalue weighted by Gasteiger charge is 2.12. The third-order valence-electron chi connectivity index (χ3n) is 3.10. The number of carbonyl (C=O) groups excluding carboxylic acids is 1. The molecule has 1 heterocycles. The molecule has 2 aromatic carbocycles. The van der Waals surface area contributed by atoms with Gasteiger partial charge in [0.05, 0.1) is 11.2 Å². The number of aromatic hydroxyl groups is 2. The number of hydrogen-bond acceptors (Lipinski definition) is 3. The summed E-state index contributed by atoms with van der Waals surface area (Å²) >= 11 is 0. The Labute approximate surface area is 108 Å². The van der Waals surface area contributed by atoms with Gasteiger partial charge in [-0.1, -0.05) is 0 Å². The fourth-order valence-corrected chi connectivity index (χ4v) is 2.19. The lowest BCUT2D eigenvalue weighted by Gasteiger charge is -1.99. The molecule has 19 heavy (non-hydrogen) atoms. The first kappa shape index (κ1) is 11.3. The van der Waals surface area contributed by atoms with Crippen LogP contribution in [0, 0.1) is 0 Å². The van der Waals surface area contributed by atoms with Crippen LogP contribution in [0.3, 0.4) is 0 Å². The van der Waals surface area contributed by atoms with E-state index >= 15 is 0 Å². The number of benzene rings is 2. The summed E-state index contributed by atoms with van der Waals surface area (Å²) in [6.45, 7) is 0. The Morgan fingerprint density at radius 1 is 0.947 bits per heavy atom. The Morgan fingerprint density at radius 2 is 1.63 bits per heavy atom. The smallest absolute Gasteiger partial charge is 0.152 e. The molecule has 0 atom stereocenters. The first-order chi connectivity index (χ1) is 9.19. The van der Waals surface area contributed by atoms with Gasteiger partial charge in [-0.05, 0) is 42.0 Å². The molecule has 0 saturated heterocycles. The van der Waals surface area contributed by atoms with Crippen LogP contribution in [0.2, 0.25) is 0 Å². The van der Waals surface area contributed by atoms with Crippen LogP contribution in [0.4, 0.5) is 0 Å². The van der Waals surface area contributed by atoms with E-state index in [4.69, 9.17) is 0 Å². The quantitative estimate of drug-likeness (QED) is 0.614. The summed E-state index contributed by atoms with van der Waals surface area (Å²) in [6, 6.07) is 11.4. The summed E-state index contributed by atoms with van der Waals surface area (Å²) in [5.74, 6) is 0.314. The molecule has 0 spiro atoms. The lowest BCUT2D eigenvalue weighted by atomic mass is 10.1. The molecule has 0 radical (unpaired) electrons. The Balaban J connectivity index is 2.28. The van der Waals surface area contributed by atoms with Crippen molar-refractivity contribution in [2.24, 2.45) is 0 Å². The van der Waals surface area contributed by atoms with Gasteiger partial charge in [-0.3, -0.25) is 4.79 Å². The number of hydrogen-bond donors (Lipinski definition) is 3. The van der Waals surface area contributed by atoms with Gasteiger partial charge >= 0.3 is 0 Å². The number of phenolic OH excluding ortho intramolecular Hbond substituents is 2. The van der Waals surface area contributed by atoms with Crippen LogP contribution in [0.15, 0.2) is 42.5 Å². The summed E-state index contributed by atoms with van der Waals surface area (Å²) in [4.78, 5) is 14.4. The molecule has 3 aromatic rings. The van der Waals surface area contributed by atoms with Crippen molar-refractivity contribution >= 4 is 17.2 Å². The molecule has 0 saturated carbocycles. The largest absolute Gasteiger partial charge is 0.508 e. The van der Waals surface area contributed by atoms with Gasteiger partial charge in [0.15, 0.2) is 6.29 Å². The molecule has 0 aliphatic heterocycles. The zero-order valence-corrected chi connectivity index (χ0v) is 9.92. The molecule has 0 unspecified atom stereocenters. The van der Waals surface area contributed by atoms with E-state index in [2.05, 4.69) is 4.98 Å². The monoisotopic (exact) mass is 253 g/mol. The molecule has 0 fully saturated rings. The summed E-state index contributed by atoms with van der Waals surface area (Å²) < 4.78 is 0. The van der Waals surface area contributed by atoms with Crippen molar-refractivity contribution in [3.8, 4) is 22.8 Å². The maximum Gasteiger partial charge on any atom is 0.152 e. The predicted octanol–water partition coefficient (Wildman–Crippen LogP) is 3.06. The average molecular weight is 253 g/mol. The van der Waals surface area contributed by atoms with Crippen LogP contribution in [-0.2, 0) is 0 Å². The third-order valence-corrected chi connectivity index (χ3v) is 3.10. The summed E-state index contributed by atoms with van der Waals surface area (Å²) in [5.41, 5.74) is 2.72. The van der Waals surface area contributed by atoms with Gasteiger partial charge in [0.1, 0.15) is 11.5 Å². The normalized spacial score (nSPS) is 10.7. The molecular formula is C15H11NO3. The summed E-state index contributed by atoms with van der Waals surface area (Å²) in [7, 11) is 0. The SMILES string of the molecule is O=Cc1c(-c2ccc(O)cc2)[nH]c2cc(O)ccc12. The van der Waals surface area contributed by atoms with Crippen molar-refractivity contribution < 1.29 is 15.0 Å². The molecule has 3 rings (SSSR count). The molecular weight excluding hydrogens is 242 g/mol. The minimum Gasteiger partial charge on any atom is -0.508 e. The number of aromatic amines is 1. The second kappa shape index (κ2) is 4.17. The highest BCUT2D eigenvalue weighted by molar-refractivity contribution is 6.04. The predicted molar refractivity (Wildman–Crippen MR) is 72.5 cm³/mol. The van der Waals surface area contributed by atoms with Gasteiger partial charge in [0, 0.05) is 17.0 Å². The minimum absolute atomic E-state index is 0.142. The van der Waals surface area contributed by atoms with Crippen LogP contribution < -0.4 is 0 Å². The van der Waals surface area contributed by atoms with E-state index < -0.39 is 0 Å². The molecule has 0 aliphatic carbocycles. The number of carbonyl (C=O) groups is 1. The van der Waals surface area contributed by atoms with Crippen LogP contribution in [0.25, 0.3) is 22.2 Å². The van der Waals surface area contributed by atoms with Crippen LogP contribution in [0.5, 0.6) is 11.5 Å². The number of phenols is 2. The van der Waals surface area contributed by atoms with E-state index in [1.807, 2.05) is 0 Å². The molecule has 0 bridgehead atoms. The second-order valence-electron chi connectivity index (χ2n) is 4.31. The molecule has 0 aliphatic rings. The van der Waals surface area contributed by atoms with Crippen molar-refractivity contribution in [3.63, 3.8) is 0 Å². The zero-order chi connectivity index (χ0) is 13.4. The van der Waals surface area contributed by atoms with E-state index in [1.165, 1.54) is 0 Å². The van der Waals surface area contributed by atoms with Crippen LogP contribution in [-0.4, -0.2) is 21.5 Å². The fraction of sp³-hybridized carbons (Fsp3) is 0. The highest BCUT2D eigenvalue weighted by atomic mass is 16.3. The molecule has 4 nitrogen and oxygen atoms in total. The van der Waals surface area contributed by atoms with Gasteiger partial charge in [0.25, 0.3) is 0 Å². The number of rotatable bonds is 2. The summed E-state index contributed by atoms with van der Waals surface area (Å²) in [6.07, 6.45) is 0.790. The first-order valence-electron chi connectivity index (χ1n) is 5.78. The fourth-order valence-electron chi connectivity index (χ4n) is 2.19. The Hall–Kier alpha value is -2.75. The van der Waals surface area contributed by atoms with Crippen molar-refractivity contribution in [1.82, 2.24) is 4.98 Å². The Morgan fingerprint density at radius 3 is 2.32 bits per heavy atom. The maximum absolute atomic E-state index is 11.3. The number of aromatic nitrogens is 1. The van der Waals surface area contributed by atoms with Crippen molar-refractivity contribution in [1.29, 1.82) is 0 Å². The highest BCUT2D eigenvalue weighted by Crippen LogP contribution is 2.31. The number of H-pyrrole nitrogens is 1. The maximum atomic E-state index is 11.3. The Kier molecular flexibility index (Phi) is 2.49. The minimum atomic E-state index is 0.142. The van der Waals surface area contributed by atoms with Crippen molar-refractivity contribution in [2.45, 2.75) is 0 Å². The van der Waals surface area contributed by atoms with Gasteiger partial charge in [0.2, 0.25) is 0 Å². The van der Waals surface area contributed by atoms with E-state index in [0.29, 0.717) is 16.8 Å². The van der Waals surface area contributed by atoms with Gasteiger partial charge in [-0.25, -0.2) is 0 Å².